The minimum atomic E-state index is -0.973. The van der Waals surface area contributed by atoms with E-state index in [2.05, 4.69) is 5.32 Å². The van der Waals surface area contributed by atoms with E-state index in [0.29, 0.717) is 6.42 Å². The van der Waals surface area contributed by atoms with Crippen molar-refractivity contribution in [1.29, 1.82) is 0 Å². The molecule has 0 saturated heterocycles. The van der Waals surface area contributed by atoms with Crippen molar-refractivity contribution in [3.05, 3.63) is 0 Å². The molecule has 0 rings (SSSR count). The average Bonchev–Trinajstić information content (AvgIpc) is 2.00. The third-order valence-corrected chi connectivity index (χ3v) is 1.77. The second-order valence-corrected chi connectivity index (χ2v) is 3.54. The number of nitrogens with one attached hydrogen (secondary N) is 1. The molecular weight excluding hydrogens is 184 g/mol. The monoisotopic (exact) mass is 202 g/mol. The van der Waals surface area contributed by atoms with Gasteiger partial charge in [0.25, 0.3) is 0 Å². The lowest BCUT2D eigenvalue weighted by atomic mass is 10.1. The summed E-state index contributed by atoms with van der Waals surface area (Å²) in [6.45, 7) is 2.14. The summed E-state index contributed by atoms with van der Waals surface area (Å²) < 4.78 is 0. The second kappa shape index (κ2) is 6.37. The van der Waals surface area contributed by atoms with Crippen molar-refractivity contribution >= 4 is 11.9 Å². The zero-order valence-electron chi connectivity index (χ0n) is 8.91. The molecule has 0 aromatic rings. The van der Waals surface area contributed by atoms with Crippen molar-refractivity contribution in [3.8, 4) is 0 Å². The zero-order chi connectivity index (χ0) is 11.1. The Kier molecular flexibility index (Phi) is 5.87. The van der Waals surface area contributed by atoms with Gasteiger partial charge in [-0.1, -0.05) is 0 Å². The van der Waals surface area contributed by atoms with Gasteiger partial charge < -0.3 is 15.3 Å². The van der Waals surface area contributed by atoms with Crippen LogP contribution in [0.2, 0.25) is 0 Å². The molecule has 0 fully saturated rings. The third kappa shape index (κ3) is 6.42. The Morgan fingerprint density at radius 1 is 1.43 bits per heavy atom. The number of rotatable bonds is 6. The molecule has 0 heterocycles. The molecule has 0 aliphatic heterocycles. The van der Waals surface area contributed by atoms with Gasteiger partial charge in [0, 0.05) is 6.92 Å². The summed E-state index contributed by atoms with van der Waals surface area (Å²) in [5, 5.41) is 11.2. The van der Waals surface area contributed by atoms with Gasteiger partial charge in [-0.2, -0.15) is 0 Å². The maximum absolute atomic E-state index is 10.7. The summed E-state index contributed by atoms with van der Waals surface area (Å²) in [5.41, 5.74) is 0. The average molecular weight is 202 g/mol. The molecule has 14 heavy (non-hydrogen) atoms. The van der Waals surface area contributed by atoms with E-state index in [-0.39, 0.29) is 5.91 Å². The minimum absolute atomic E-state index is 0.303. The molecule has 1 atom stereocenters. The normalized spacial score (nSPS) is 12.6. The number of aliphatic carboxylic acids is 1. The van der Waals surface area contributed by atoms with E-state index in [4.69, 9.17) is 5.11 Å². The van der Waals surface area contributed by atoms with Crippen LogP contribution >= 0.6 is 0 Å². The van der Waals surface area contributed by atoms with Crippen molar-refractivity contribution in [3.63, 3.8) is 0 Å². The maximum atomic E-state index is 10.7. The molecule has 0 aromatic carbocycles. The van der Waals surface area contributed by atoms with Gasteiger partial charge in [-0.05, 0) is 33.5 Å². The Morgan fingerprint density at radius 3 is 2.36 bits per heavy atom. The smallest absolute Gasteiger partial charge is 0.326 e. The van der Waals surface area contributed by atoms with Crippen molar-refractivity contribution in [2.45, 2.75) is 25.8 Å². The first kappa shape index (κ1) is 12.9. The predicted molar refractivity (Wildman–Crippen MR) is 53.0 cm³/mol. The van der Waals surface area contributed by atoms with Crippen molar-refractivity contribution < 1.29 is 14.7 Å². The summed E-state index contributed by atoms with van der Waals surface area (Å²) in [7, 11) is 3.85. The lowest BCUT2D eigenvalue weighted by molar-refractivity contribution is -0.141. The quantitative estimate of drug-likeness (QED) is 0.632. The summed E-state index contributed by atoms with van der Waals surface area (Å²) in [6.07, 6.45) is 1.22. The predicted octanol–water partition coefficient (Wildman–Crippen LogP) is -0.0825. The highest BCUT2D eigenvalue weighted by molar-refractivity contribution is 5.81. The van der Waals surface area contributed by atoms with Gasteiger partial charge in [0.15, 0.2) is 0 Å². The van der Waals surface area contributed by atoms with Crippen LogP contribution in [0.15, 0.2) is 0 Å². The second-order valence-electron chi connectivity index (χ2n) is 3.54. The number of carbonyl (C=O) groups excluding carboxylic acids is 1. The number of carboxylic acid groups (broad SMARTS) is 1. The van der Waals surface area contributed by atoms with Crippen molar-refractivity contribution in [2.75, 3.05) is 20.6 Å². The fourth-order valence-corrected chi connectivity index (χ4v) is 1.11. The van der Waals surface area contributed by atoms with Gasteiger partial charge in [-0.3, -0.25) is 4.79 Å². The summed E-state index contributed by atoms with van der Waals surface area (Å²) in [4.78, 5) is 23.3. The maximum Gasteiger partial charge on any atom is 0.326 e. The Hall–Kier alpha value is -1.10. The standard InChI is InChI=1S/C9H18N2O3/c1-7(12)10-8(9(13)14)5-4-6-11(2)3/h8H,4-6H2,1-3H3,(H,10,12)(H,13,14). The van der Waals surface area contributed by atoms with Crippen molar-refractivity contribution in [2.24, 2.45) is 0 Å². The molecule has 0 bridgehead atoms. The lowest BCUT2D eigenvalue weighted by Gasteiger charge is -2.14. The summed E-state index contributed by atoms with van der Waals surface area (Å²) >= 11 is 0. The van der Waals surface area contributed by atoms with Crippen LogP contribution in [-0.2, 0) is 9.59 Å². The van der Waals surface area contributed by atoms with Gasteiger partial charge in [0.1, 0.15) is 6.04 Å². The third-order valence-electron chi connectivity index (χ3n) is 1.77. The van der Waals surface area contributed by atoms with E-state index in [1.54, 1.807) is 0 Å². The summed E-state index contributed by atoms with van der Waals surface area (Å²) in [6, 6.07) is -0.757. The van der Waals surface area contributed by atoms with E-state index in [1.165, 1.54) is 6.92 Å². The molecule has 0 saturated carbocycles. The molecule has 1 amide bonds. The first-order chi connectivity index (χ1) is 6.43. The highest BCUT2D eigenvalue weighted by Crippen LogP contribution is 1.98. The van der Waals surface area contributed by atoms with Crippen molar-refractivity contribution in [1.82, 2.24) is 10.2 Å². The number of hydrogen-bond donors (Lipinski definition) is 2. The molecule has 0 aliphatic carbocycles. The molecule has 0 spiro atoms. The van der Waals surface area contributed by atoms with Gasteiger partial charge in [0.2, 0.25) is 5.91 Å². The highest BCUT2D eigenvalue weighted by Gasteiger charge is 2.17. The molecule has 2 N–H and O–H groups in total. The number of carboxylic acids is 1. The van der Waals surface area contributed by atoms with Gasteiger partial charge in [0.05, 0.1) is 0 Å². The SMILES string of the molecule is CC(=O)NC(CCCN(C)C)C(=O)O. The fraction of sp³-hybridized carbons (Fsp3) is 0.778. The van der Waals surface area contributed by atoms with Crippen LogP contribution < -0.4 is 5.32 Å². The molecule has 0 aliphatic rings. The van der Waals surface area contributed by atoms with Crippen LogP contribution in [0.4, 0.5) is 0 Å². The van der Waals surface area contributed by atoms with Crippen LogP contribution in [0.3, 0.4) is 0 Å². The Balaban J connectivity index is 3.86. The van der Waals surface area contributed by atoms with E-state index in [9.17, 15) is 9.59 Å². The van der Waals surface area contributed by atoms with Gasteiger partial charge >= 0.3 is 5.97 Å². The first-order valence-corrected chi connectivity index (χ1v) is 4.58. The lowest BCUT2D eigenvalue weighted by Crippen LogP contribution is -2.39. The van der Waals surface area contributed by atoms with E-state index < -0.39 is 12.0 Å². The highest BCUT2D eigenvalue weighted by atomic mass is 16.4. The topological polar surface area (TPSA) is 69.6 Å². The van der Waals surface area contributed by atoms with E-state index in [0.717, 1.165) is 13.0 Å². The Bertz CT molecular complexity index is 204. The van der Waals surface area contributed by atoms with Crippen LogP contribution in [0.5, 0.6) is 0 Å². The number of amides is 1. The van der Waals surface area contributed by atoms with Gasteiger partial charge in [-0.15, -0.1) is 0 Å². The molecule has 1 unspecified atom stereocenters. The molecule has 0 aromatic heterocycles. The molecule has 0 radical (unpaired) electrons. The van der Waals surface area contributed by atoms with E-state index in [1.807, 2.05) is 19.0 Å². The molecule has 82 valence electrons. The van der Waals surface area contributed by atoms with Crippen LogP contribution in [0.25, 0.3) is 0 Å². The van der Waals surface area contributed by atoms with Crippen LogP contribution in [-0.4, -0.2) is 48.6 Å². The molecule has 5 nitrogen and oxygen atoms in total. The van der Waals surface area contributed by atoms with Crippen LogP contribution in [0.1, 0.15) is 19.8 Å². The van der Waals surface area contributed by atoms with Gasteiger partial charge in [-0.25, -0.2) is 4.79 Å². The summed E-state index contributed by atoms with van der Waals surface area (Å²) in [5.74, 6) is -1.28. The number of carbonyl (C=O) groups is 2. The Morgan fingerprint density at radius 2 is 2.00 bits per heavy atom. The largest absolute Gasteiger partial charge is 0.480 e. The fourth-order valence-electron chi connectivity index (χ4n) is 1.11. The molecule has 5 heteroatoms. The molecular formula is C9H18N2O3. The number of nitrogens with zero attached hydrogens (tertiary/aromatic N) is 1. The number of hydrogen-bond acceptors (Lipinski definition) is 3. The minimum Gasteiger partial charge on any atom is -0.480 e. The van der Waals surface area contributed by atoms with Crippen LogP contribution in [0, 0.1) is 0 Å². The first-order valence-electron chi connectivity index (χ1n) is 4.58. The van der Waals surface area contributed by atoms with E-state index >= 15 is 0 Å². The zero-order valence-corrected chi connectivity index (χ0v) is 8.91. The Labute approximate surface area is 84.1 Å².